The molecule has 2 aromatic rings. The van der Waals surface area contributed by atoms with Gasteiger partial charge in [0.25, 0.3) is 0 Å². The standard InChI is InChI=1S/C11H12N5O/c12-9(6-17)5-7-1-3-8(4-2-7)10-14-11(13)16-15-10/h1-4,9H,5,12H2,(H3,13,14,15,16)/t9-/m0/s1. The average molecular weight is 230 g/mol. The molecule has 0 saturated carbocycles. The number of rotatable bonds is 4. The van der Waals surface area contributed by atoms with Gasteiger partial charge in [0, 0.05) is 5.56 Å². The fourth-order valence-corrected chi connectivity index (χ4v) is 1.50. The normalized spacial score (nSPS) is 12.3. The van der Waals surface area contributed by atoms with E-state index < -0.39 is 6.04 Å². The van der Waals surface area contributed by atoms with Gasteiger partial charge in [-0.05, 0) is 12.0 Å². The maximum absolute atomic E-state index is 10.3. The van der Waals surface area contributed by atoms with E-state index in [2.05, 4.69) is 15.2 Å². The Morgan fingerprint density at radius 3 is 2.59 bits per heavy atom. The lowest BCUT2D eigenvalue weighted by Crippen LogP contribution is -2.23. The Morgan fingerprint density at radius 2 is 2.06 bits per heavy atom. The zero-order chi connectivity index (χ0) is 12.3. The Bertz CT molecular complexity index is 505. The number of anilines is 1. The number of aromatic amines is 1. The van der Waals surface area contributed by atoms with E-state index in [1.807, 2.05) is 24.3 Å². The molecule has 0 saturated heterocycles. The molecule has 1 radical (unpaired) electrons. The van der Waals surface area contributed by atoms with Crippen molar-refractivity contribution < 1.29 is 4.79 Å². The van der Waals surface area contributed by atoms with Crippen LogP contribution in [-0.2, 0) is 11.2 Å². The highest BCUT2D eigenvalue weighted by Gasteiger charge is 2.05. The Labute approximate surface area is 98.0 Å². The van der Waals surface area contributed by atoms with Gasteiger partial charge in [0.1, 0.15) is 0 Å². The summed E-state index contributed by atoms with van der Waals surface area (Å²) in [5.74, 6) is 0.821. The molecule has 1 aromatic carbocycles. The van der Waals surface area contributed by atoms with Gasteiger partial charge in [-0.15, -0.1) is 5.10 Å². The molecule has 0 bridgehead atoms. The number of nitrogens with zero attached hydrogens (tertiary/aromatic N) is 2. The minimum Gasteiger partial charge on any atom is -0.366 e. The second-order valence-electron chi connectivity index (χ2n) is 3.67. The summed E-state index contributed by atoms with van der Waals surface area (Å²) >= 11 is 0. The molecule has 0 aliphatic rings. The largest absolute Gasteiger partial charge is 0.366 e. The zero-order valence-electron chi connectivity index (χ0n) is 9.05. The first-order valence-electron chi connectivity index (χ1n) is 5.09. The number of nitrogens with two attached hydrogens (primary N) is 2. The minimum atomic E-state index is -0.582. The lowest BCUT2D eigenvalue weighted by atomic mass is 10.1. The summed E-state index contributed by atoms with van der Waals surface area (Å²) in [7, 11) is 0. The fourth-order valence-electron chi connectivity index (χ4n) is 1.50. The Balaban J connectivity index is 2.15. The van der Waals surface area contributed by atoms with Crippen LogP contribution >= 0.6 is 0 Å². The molecule has 0 fully saturated rings. The molecule has 0 aliphatic heterocycles. The van der Waals surface area contributed by atoms with Crippen molar-refractivity contribution >= 4 is 12.2 Å². The van der Waals surface area contributed by atoms with E-state index in [1.54, 1.807) is 6.29 Å². The average Bonchev–Trinajstić information content (AvgIpc) is 2.77. The number of hydrogen-bond acceptors (Lipinski definition) is 5. The van der Waals surface area contributed by atoms with E-state index in [0.29, 0.717) is 12.2 Å². The first-order valence-corrected chi connectivity index (χ1v) is 5.09. The van der Waals surface area contributed by atoms with Crippen molar-refractivity contribution in [2.75, 3.05) is 5.73 Å². The second kappa shape index (κ2) is 4.75. The summed E-state index contributed by atoms with van der Waals surface area (Å²) in [5, 5.41) is 6.47. The van der Waals surface area contributed by atoms with E-state index in [1.165, 1.54) is 0 Å². The molecule has 6 heteroatoms. The van der Waals surface area contributed by atoms with Crippen LogP contribution in [0.25, 0.3) is 11.4 Å². The monoisotopic (exact) mass is 230 g/mol. The molecule has 2 rings (SSSR count). The quantitative estimate of drug-likeness (QED) is 0.686. The van der Waals surface area contributed by atoms with Crippen molar-refractivity contribution in [3.8, 4) is 11.4 Å². The van der Waals surface area contributed by atoms with Crippen LogP contribution < -0.4 is 11.5 Å². The van der Waals surface area contributed by atoms with Crippen molar-refractivity contribution in [3.63, 3.8) is 0 Å². The molecule has 87 valence electrons. The number of benzene rings is 1. The number of nitrogen functional groups attached to an aromatic ring is 1. The van der Waals surface area contributed by atoms with Gasteiger partial charge in [-0.1, -0.05) is 24.3 Å². The topological polar surface area (TPSA) is 111 Å². The summed E-state index contributed by atoms with van der Waals surface area (Å²) in [6.07, 6.45) is 2.22. The third-order valence-corrected chi connectivity index (χ3v) is 2.34. The van der Waals surface area contributed by atoms with Crippen molar-refractivity contribution in [2.45, 2.75) is 12.5 Å². The van der Waals surface area contributed by atoms with Gasteiger partial charge in [0.05, 0.1) is 6.04 Å². The van der Waals surface area contributed by atoms with E-state index in [9.17, 15) is 4.79 Å². The first-order chi connectivity index (χ1) is 8.19. The fraction of sp³-hybridized carbons (Fsp3) is 0.182. The lowest BCUT2D eigenvalue weighted by molar-refractivity contribution is 0.541. The van der Waals surface area contributed by atoms with Gasteiger partial charge in [0.15, 0.2) is 5.82 Å². The Hall–Kier alpha value is -2.21. The summed E-state index contributed by atoms with van der Waals surface area (Å²) < 4.78 is 0. The van der Waals surface area contributed by atoms with Crippen molar-refractivity contribution in [2.24, 2.45) is 5.73 Å². The third kappa shape index (κ3) is 2.67. The van der Waals surface area contributed by atoms with Gasteiger partial charge in [0.2, 0.25) is 12.2 Å². The predicted molar refractivity (Wildman–Crippen MR) is 63.6 cm³/mol. The molecule has 17 heavy (non-hydrogen) atoms. The molecule has 0 amide bonds. The molecule has 6 nitrogen and oxygen atoms in total. The molecular formula is C11H12N5O. The summed E-state index contributed by atoms with van der Waals surface area (Å²) in [5.41, 5.74) is 12.8. The molecule has 1 atom stereocenters. The molecule has 0 unspecified atom stereocenters. The molecule has 5 N–H and O–H groups in total. The maximum Gasteiger partial charge on any atom is 0.239 e. The van der Waals surface area contributed by atoms with Gasteiger partial charge in [-0.3, -0.25) is 9.89 Å². The van der Waals surface area contributed by atoms with Crippen LogP contribution in [0.2, 0.25) is 0 Å². The maximum atomic E-state index is 10.3. The number of nitrogens with one attached hydrogen (secondary N) is 1. The van der Waals surface area contributed by atoms with E-state index in [4.69, 9.17) is 11.5 Å². The van der Waals surface area contributed by atoms with E-state index in [0.717, 1.165) is 11.1 Å². The minimum absolute atomic E-state index is 0.210. The molecule has 1 aromatic heterocycles. The molecule has 1 heterocycles. The third-order valence-electron chi connectivity index (χ3n) is 2.34. The molecule has 0 spiro atoms. The van der Waals surface area contributed by atoms with Crippen LogP contribution in [-0.4, -0.2) is 27.5 Å². The summed E-state index contributed by atoms with van der Waals surface area (Å²) in [6, 6.07) is 6.91. The molecule has 0 aliphatic carbocycles. The van der Waals surface area contributed by atoms with E-state index >= 15 is 0 Å². The van der Waals surface area contributed by atoms with Gasteiger partial charge >= 0.3 is 0 Å². The van der Waals surface area contributed by atoms with Crippen LogP contribution in [0.1, 0.15) is 5.56 Å². The van der Waals surface area contributed by atoms with Crippen LogP contribution in [0.15, 0.2) is 24.3 Å². The van der Waals surface area contributed by atoms with Crippen LogP contribution in [0.4, 0.5) is 5.95 Å². The van der Waals surface area contributed by atoms with Crippen LogP contribution in [0.3, 0.4) is 0 Å². The van der Waals surface area contributed by atoms with Gasteiger partial charge in [-0.2, -0.15) is 4.98 Å². The highest BCUT2D eigenvalue weighted by Crippen LogP contribution is 2.16. The first kappa shape index (κ1) is 11.3. The predicted octanol–water partition coefficient (Wildman–Crippen LogP) is 0.0334. The Kier molecular flexibility index (Phi) is 3.15. The zero-order valence-corrected chi connectivity index (χ0v) is 9.05. The van der Waals surface area contributed by atoms with Crippen LogP contribution in [0.5, 0.6) is 0 Å². The van der Waals surface area contributed by atoms with Crippen LogP contribution in [0, 0.1) is 0 Å². The summed E-state index contributed by atoms with van der Waals surface area (Å²) in [6.45, 7) is 0. The number of aromatic nitrogens is 3. The van der Waals surface area contributed by atoms with Crippen molar-refractivity contribution in [1.29, 1.82) is 0 Å². The summed E-state index contributed by atoms with van der Waals surface area (Å²) in [4.78, 5) is 14.3. The second-order valence-corrected chi connectivity index (χ2v) is 3.67. The Morgan fingerprint density at radius 1 is 1.35 bits per heavy atom. The molecular weight excluding hydrogens is 218 g/mol. The lowest BCUT2D eigenvalue weighted by Gasteiger charge is -2.03. The number of carbonyl (C=O) groups excluding carboxylic acids is 1. The number of H-pyrrole nitrogens is 1. The van der Waals surface area contributed by atoms with Gasteiger partial charge < -0.3 is 11.5 Å². The highest BCUT2D eigenvalue weighted by molar-refractivity contribution is 5.60. The smallest absolute Gasteiger partial charge is 0.239 e. The highest BCUT2D eigenvalue weighted by atomic mass is 16.1. The SMILES string of the molecule is Nc1n[nH]c(-c2ccc(C[C@H](N)[C]=O)cc2)n1. The van der Waals surface area contributed by atoms with Crippen molar-refractivity contribution in [1.82, 2.24) is 15.2 Å². The van der Waals surface area contributed by atoms with E-state index in [-0.39, 0.29) is 5.95 Å². The van der Waals surface area contributed by atoms with Crippen molar-refractivity contribution in [3.05, 3.63) is 29.8 Å². The number of hydrogen-bond donors (Lipinski definition) is 3. The van der Waals surface area contributed by atoms with Gasteiger partial charge in [-0.25, -0.2) is 0 Å².